The maximum absolute atomic E-state index is 15.3. The Bertz CT molecular complexity index is 1700. The fourth-order valence-corrected chi connectivity index (χ4v) is 5.05. The number of likely N-dealkylation sites (tertiary alicyclic amines) is 1. The van der Waals surface area contributed by atoms with Gasteiger partial charge in [0, 0.05) is 42.7 Å². The van der Waals surface area contributed by atoms with Crippen LogP contribution in [0.2, 0.25) is 0 Å². The van der Waals surface area contributed by atoms with E-state index >= 15 is 4.39 Å². The number of halogens is 3. The summed E-state index contributed by atoms with van der Waals surface area (Å²) >= 11 is 0. The van der Waals surface area contributed by atoms with E-state index in [-0.39, 0.29) is 24.2 Å². The van der Waals surface area contributed by atoms with Gasteiger partial charge >= 0.3 is 12.1 Å². The van der Waals surface area contributed by atoms with E-state index in [9.17, 15) is 13.6 Å². The molecule has 1 aromatic carbocycles. The molecule has 0 bridgehead atoms. The molecule has 6 heterocycles. The summed E-state index contributed by atoms with van der Waals surface area (Å²) in [5.74, 6) is -1.34. The lowest BCUT2D eigenvalue weighted by molar-refractivity contribution is -0.0983. The van der Waals surface area contributed by atoms with Crippen LogP contribution in [0, 0.1) is 5.82 Å². The molecule has 0 amide bonds. The molecule has 0 radical (unpaired) electrons. The van der Waals surface area contributed by atoms with E-state index < -0.39 is 18.1 Å². The first-order valence-electron chi connectivity index (χ1n) is 12.3. The van der Waals surface area contributed by atoms with Gasteiger partial charge in [-0.05, 0) is 18.2 Å². The SMILES string of the molecule is O=c1n(Cc2ccc(-c3nnc(C(F)F)o3)cn2)c2cc(F)c(-c3cn[nH]c3)cc2n1C1CN(C2COC2)C1. The molecule has 0 aliphatic carbocycles. The molecule has 2 saturated heterocycles. The number of benzene rings is 1. The molecule has 200 valence electrons. The van der Waals surface area contributed by atoms with E-state index in [1.165, 1.54) is 23.0 Å². The van der Waals surface area contributed by atoms with Crippen LogP contribution in [0.3, 0.4) is 0 Å². The number of alkyl halides is 2. The van der Waals surface area contributed by atoms with Gasteiger partial charge in [-0.15, -0.1) is 10.2 Å². The molecule has 0 atom stereocenters. The Morgan fingerprint density at radius 2 is 1.90 bits per heavy atom. The average molecular weight is 538 g/mol. The summed E-state index contributed by atoms with van der Waals surface area (Å²) in [4.78, 5) is 20.4. The molecule has 2 aliphatic rings. The van der Waals surface area contributed by atoms with Crippen molar-refractivity contribution in [1.29, 1.82) is 0 Å². The third-order valence-electron chi connectivity index (χ3n) is 7.27. The first-order valence-corrected chi connectivity index (χ1v) is 12.3. The summed E-state index contributed by atoms with van der Waals surface area (Å²) in [7, 11) is 0. The second-order valence-corrected chi connectivity index (χ2v) is 9.63. The summed E-state index contributed by atoms with van der Waals surface area (Å²) < 4.78 is 54.4. The number of hydrogen-bond donors (Lipinski definition) is 1. The maximum Gasteiger partial charge on any atom is 0.329 e. The highest BCUT2D eigenvalue weighted by atomic mass is 19.3. The quantitative estimate of drug-likeness (QED) is 0.336. The third-order valence-corrected chi connectivity index (χ3v) is 7.27. The number of rotatable bonds is 7. The molecular weight excluding hydrogens is 517 g/mol. The predicted octanol–water partition coefficient (Wildman–Crippen LogP) is 3.02. The van der Waals surface area contributed by atoms with Crippen LogP contribution in [-0.4, -0.2) is 71.8 Å². The summed E-state index contributed by atoms with van der Waals surface area (Å²) in [5, 5.41) is 13.6. The number of ether oxygens (including phenoxy) is 1. The standard InChI is InChI=1S/C25H21F3N8O3/c26-19-4-20-21(3-18(19)14-6-30-31-7-14)36(16-9-34(10-16)17-11-38-12-17)25(37)35(20)8-15-2-1-13(5-29-15)23-32-33-24(39-23)22(27)28/h1-7,16-17,22H,8-12H2,(H,30,31). The second-order valence-electron chi connectivity index (χ2n) is 9.63. The van der Waals surface area contributed by atoms with Crippen LogP contribution in [0.4, 0.5) is 13.2 Å². The Hall–Kier alpha value is -4.30. The number of pyridine rings is 1. The molecule has 4 aromatic heterocycles. The van der Waals surface area contributed by atoms with Crippen molar-refractivity contribution in [2.24, 2.45) is 0 Å². The predicted molar refractivity (Wildman–Crippen MR) is 131 cm³/mol. The second kappa shape index (κ2) is 9.17. The van der Waals surface area contributed by atoms with Crippen molar-refractivity contribution >= 4 is 11.0 Å². The summed E-state index contributed by atoms with van der Waals surface area (Å²) in [6.07, 6.45) is 1.67. The molecule has 5 aromatic rings. The highest BCUT2D eigenvalue weighted by Crippen LogP contribution is 2.32. The summed E-state index contributed by atoms with van der Waals surface area (Å²) in [5.41, 5.74) is 2.58. The Morgan fingerprint density at radius 1 is 1.05 bits per heavy atom. The number of fused-ring (bicyclic) bond motifs is 1. The van der Waals surface area contributed by atoms with E-state index in [0.717, 1.165) is 0 Å². The van der Waals surface area contributed by atoms with Gasteiger partial charge < -0.3 is 9.15 Å². The molecule has 1 N–H and O–H groups in total. The zero-order chi connectivity index (χ0) is 26.7. The molecule has 0 unspecified atom stereocenters. The van der Waals surface area contributed by atoms with Crippen molar-refractivity contribution in [3.63, 3.8) is 0 Å². The Labute approximate surface area is 217 Å². The van der Waals surface area contributed by atoms with Gasteiger partial charge in [-0.2, -0.15) is 13.9 Å². The molecule has 2 fully saturated rings. The zero-order valence-corrected chi connectivity index (χ0v) is 20.3. The van der Waals surface area contributed by atoms with E-state index in [2.05, 4.69) is 30.3 Å². The molecule has 14 heteroatoms. The average Bonchev–Trinajstić information content (AvgIpc) is 3.62. The summed E-state index contributed by atoms with van der Waals surface area (Å²) in [6.45, 7) is 2.85. The number of imidazole rings is 1. The lowest BCUT2D eigenvalue weighted by atomic mass is 10.0. The smallest absolute Gasteiger partial charge is 0.329 e. The largest absolute Gasteiger partial charge is 0.415 e. The number of H-pyrrole nitrogens is 1. The number of aromatic nitrogens is 7. The van der Waals surface area contributed by atoms with Crippen LogP contribution in [0.5, 0.6) is 0 Å². The number of nitrogens with one attached hydrogen (secondary N) is 1. The normalized spacial score (nSPS) is 16.7. The minimum atomic E-state index is -2.87. The lowest BCUT2D eigenvalue weighted by Gasteiger charge is -2.47. The van der Waals surface area contributed by atoms with Gasteiger partial charge in [0.05, 0.1) is 60.3 Å². The van der Waals surface area contributed by atoms with E-state index in [0.29, 0.717) is 65.8 Å². The highest BCUT2D eigenvalue weighted by molar-refractivity contribution is 5.83. The minimum absolute atomic E-state index is 0.0681. The van der Waals surface area contributed by atoms with Crippen LogP contribution >= 0.6 is 0 Å². The van der Waals surface area contributed by atoms with Crippen LogP contribution in [0.1, 0.15) is 24.1 Å². The number of aromatic amines is 1. The van der Waals surface area contributed by atoms with Crippen LogP contribution in [0.25, 0.3) is 33.6 Å². The minimum Gasteiger partial charge on any atom is -0.415 e. The van der Waals surface area contributed by atoms with E-state index in [1.807, 2.05) is 0 Å². The van der Waals surface area contributed by atoms with Crippen LogP contribution in [-0.2, 0) is 11.3 Å². The number of nitrogens with zero attached hydrogens (tertiary/aromatic N) is 7. The van der Waals surface area contributed by atoms with Crippen LogP contribution in [0.15, 0.2) is 52.1 Å². The number of hydrogen-bond acceptors (Lipinski definition) is 8. The molecular formula is C25H21F3N8O3. The topological polar surface area (TPSA) is 120 Å². The fourth-order valence-electron chi connectivity index (χ4n) is 5.05. The Morgan fingerprint density at radius 3 is 2.54 bits per heavy atom. The van der Waals surface area contributed by atoms with Crippen molar-refractivity contribution in [3.05, 3.63) is 70.7 Å². The van der Waals surface area contributed by atoms with E-state index in [4.69, 9.17) is 9.15 Å². The van der Waals surface area contributed by atoms with Gasteiger partial charge in [-0.25, -0.2) is 9.18 Å². The van der Waals surface area contributed by atoms with Gasteiger partial charge in [0.1, 0.15) is 5.82 Å². The van der Waals surface area contributed by atoms with E-state index in [1.54, 1.807) is 29.0 Å². The summed E-state index contributed by atoms with van der Waals surface area (Å²) in [6, 6.07) is 6.58. The first kappa shape index (κ1) is 23.8. The Balaban J connectivity index is 1.25. The molecule has 7 rings (SSSR count). The van der Waals surface area contributed by atoms with Crippen molar-refractivity contribution in [1.82, 2.24) is 39.4 Å². The van der Waals surface area contributed by atoms with Gasteiger partial charge in [0.25, 0.3) is 5.89 Å². The van der Waals surface area contributed by atoms with Gasteiger partial charge in [0.15, 0.2) is 0 Å². The van der Waals surface area contributed by atoms with Crippen molar-refractivity contribution in [2.75, 3.05) is 26.3 Å². The van der Waals surface area contributed by atoms with Crippen LogP contribution < -0.4 is 5.69 Å². The monoisotopic (exact) mass is 538 g/mol. The molecule has 39 heavy (non-hydrogen) atoms. The zero-order valence-electron chi connectivity index (χ0n) is 20.3. The lowest BCUT2D eigenvalue weighted by Crippen LogP contribution is -2.60. The van der Waals surface area contributed by atoms with Gasteiger partial charge in [-0.3, -0.25) is 24.1 Å². The van der Waals surface area contributed by atoms with Crippen molar-refractivity contribution in [2.45, 2.75) is 25.1 Å². The first-order chi connectivity index (χ1) is 19.0. The van der Waals surface area contributed by atoms with Gasteiger partial charge in [-0.1, -0.05) is 0 Å². The third kappa shape index (κ3) is 4.03. The Kier molecular flexibility index (Phi) is 5.59. The highest BCUT2D eigenvalue weighted by Gasteiger charge is 2.38. The van der Waals surface area contributed by atoms with Crippen molar-refractivity contribution < 1.29 is 22.3 Å². The fraction of sp³-hybridized carbons (Fsp3) is 0.320. The van der Waals surface area contributed by atoms with Gasteiger partial charge in [0.2, 0.25) is 5.89 Å². The molecule has 2 aliphatic heterocycles. The van der Waals surface area contributed by atoms with Crippen molar-refractivity contribution in [3.8, 4) is 22.6 Å². The molecule has 0 spiro atoms. The molecule has 0 saturated carbocycles. The molecule has 11 nitrogen and oxygen atoms in total. The maximum atomic E-state index is 15.3.